The van der Waals surface area contributed by atoms with Gasteiger partial charge in [0.25, 0.3) is 0 Å². The molecule has 0 heterocycles. The van der Waals surface area contributed by atoms with Gasteiger partial charge in [-0.05, 0) is 24.2 Å². The molecule has 0 unspecified atom stereocenters. The zero-order chi connectivity index (χ0) is 9.91. The van der Waals surface area contributed by atoms with Crippen molar-refractivity contribution in [3.05, 3.63) is 0 Å². The van der Waals surface area contributed by atoms with Crippen LogP contribution in [0.25, 0.3) is 0 Å². The highest BCUT2D eigenvalue weighted by molar-refractivity contribution is 5.13. The average molecular weight is 189 g/mol. The van der Waals surface area contributed by atoms with E-state index in [4.69, 9.17) is 5.73 Å². The Hall–Kier alpha value is -0.180. The molecule has 0 aromatic heterocycles. The molecule has 0 aromatic carbocycles. The summed E-state index contributed by atoms with van der Waals surface area (Å²) < 4.78 is 25.4. The predicted molar refractivity (Wildman–Crippen MR) is 47.6 cm³/mol. The van der Waals surface area contributed by atoms with Crippen molar-refractivity contribution in [3.8, 4) is 0 Å². The minimum Gasteiger partial charge on any atom is -0.325 e. The second kappa shape index (κ2) is 2.25. The number of hydrogen-bond acceptors (Lipinski definition) is 1. The van der Waals surface area contributed by atoms with E-state index in [0.29, 0.717) is 0 Å². The molecule has 0 radical (unpaired) electrons. The van der Waals surface area contributed by atoms with Crippen LogP contribution >= 0.6 is 0 Å². The summed E-state index contributed by atoms with van der Waals surface area (Å²) in [6.45, 7) is 4.08. The molecule has 76 valence electrons. The number of alkyl halides is 2. The van der Waals surface area contributed by atoms with Crippen molar-refractivity contribution in [3.63, 3.8) is 0 Å². The fraction of sp³-hybridized carbons (Fsp3) is 1.00. The van der Waals surface area contributed by atoms with E-state index >= 15 is 0 Å². The molecule has 0 bridgehead atoms. The highest BCUT2D eigenvalue weighted by Gasteiger charge is 2.61. The molecule has 0 spiro atoms. The van der Waals surface area contributed by atoms with E-state index in [1.165, 1.54) is 0 Å². The standard InChI is InChI=1S/C10H17F2N/c1-8(2,9(13)3-4-9)7-5-10(11,12)6-7/h7H,3-6,13H2,1-2H3. The first kappa shape index (κ1) is 9.38. The van der Waals surface area contributed by atoms with Crippen LogP contribution in [0.5, 0.6) is 0 Å². The third-order valence-electron chi connectivity index (χ3n) is 4.18. The van der Waals surface area contributed by atoms with Crippen molar-refractivity contribution in [2.45, 2.75) is 51.0 Å². The van der Waals surface area contributed by atoms with E-state index in [0.717, 1.165) is 12.8 Å². The molecule has 2 saturated carbocycles. The lowest BCUT2D eigenvalue weighted by Gasteiger charge is -2.48. The Balaban J connectivity index is 2.02. The van der Waals surface area contributed by atoms with Crippen LogP contribution in [0.1, 0.15) is 39.5 Å². The van der Waals surface area contributed by atoms with Crippen molar-refractivity contribution in [1.29, 1.82) is 0 Å². The SMILES string of the molecule is CC(C)(C1CC(F)(F)C1)C1(N)CC1. The van der Waals surface area contributed by atoms with Crippen LogP contribution in [0, 0.1) is 11.3 Å². The molecule has 13 heavy (non-hydrogen) atoms. The van der Waals surface area contributed by atoms with Gasteiger partial charge in [-0.1, -0.05) is 13.8 Å². The first-order valence-electron chi connectivity index (χ1n) is 4.94. The van der Waals surface area contributed by atoms with Gasteiger partial charge in [-0.15, -0.1) is 0 Å². The molecule has 2 aliphatic rings. The number of halogens is 2. The van der Waals surface area contributed by atoms with Crippen molar-refractivity contribution in [2.24, 2.45) is 17.1 Å². The molecule has 1 nitrogen and oxygen atoms in total. The fourth-order valence-electron chi connectivity index (χ4n) is 2.36. The van der Waals surface area contributed by atoms with Crippen LogP contribution in [0.15, 0.2) is 0 Å². The lowest BCUT2D eigenvalue weighted by atomic mass is 9.61. The Bertz CT molecular complexity index is 223. The van der Waals surface area contributed by atoms with Gasteiger partial charge in [0.2, 0.25) is 5.92 Å². The molecule has 2 fully saturated rings. The highest BCUT2D eigenvalue weighted by Crippen LogP contribution is 2.60. The molecular weight excluding hydrogens is 172 g/mol. The zero-order valence-corrected chi connectivity index (χ0v) is 8.24. The topological polar surface area (TPSA) is 26.0 Å². The zero-order valence-electron chi connectivity index (χ0n) is 8.24. The fourth-order valence-corrected chi connectivity index (χ4v) is 2.36. The van der Waals surface area contributed by atoms with Crippen molar-refractivity contribution >= 4 is 0 Å². The maximum absolute atomic E-state index is 12.7. The summed E-state index contributed by atoms with van der Waals surface area (Å²) in [6, 6.07) is 0. The van der Waals surface area contributed by atoms with Crippen molar-refractivity contribution in [1.82, 2.24) is 0 Å². The van der Waals surface area contributed by atoms with E-state index in [2.05, 4.69) is 0 Å². The Morgan fingerprint density at radius 1 is 1.23 bits per heavy atom. The maximum atomic E-state index is 12.7. The van der Waals surface area contributed by atoms with Crippen LogP contribution < -0.4 is 5.73 Å². The second-order valence-corrected chi connectivity index (χ2v) is 5.34. The van der Waals surface area contributed by atoms with Gasteiger partial charge in [-0.25, -0.2) is 8.78 Å². The van der Waals surface area contributed by atoms with Gasteiger partial charge < -0.3 is 5.73 Å². The number of hydrogen-bond donors (Lipinski definition) is 1. The van der Waals surface area contributed by atoms with Gasteiger partial charge in [0.05, 0.1) is 0 Å². The van der Waals surface area contributed by atoms with E-state index in [1.807, 2.05) is 13.8 Å². The monoisotopic (exact) mass is 189 g/mol. The Morgan fingerprint density at radius 3 is 2.00 bits per heavy atom. The summed E-state index contributed by atoms with van der Waals surface area (Å²) in [4.78, 5) is 0. The predicted octanol–water partition coefficient (Wildman–Crippen LogP) is 2.55. The van der Waals surface area contributed by atoms with E-state index in [-0.39, 0.29) is 29.7 Å². The highest BCUT2D eigenvalue weighted by atomic mass is 19.3. The molecule has 2 aliphatic carbocycles. The molecule has 0 aromatic rings. The van der Waals surface area contributed by atoms with E-state index in [1.54, 1.807) is 0 Å². The van der Waals surface area contributed by atoms with Crippen LogP contribution in [-0.2, 0) is 0 Å². The average Bonchev–Trinajstić information content (AvgIpc) is 2.64. The molecule has 0 amide bonds. The lowest BCUT2D eigenvalue weighted by Crippen LogP contribution is -2.52. The number of rotatable bonds is 2. The Labute approximate surface area is 77.7 Å². The minimum absolute atomic E-state index is 0.0406. The molecule has 3 heteroatoms. The summed E-state index contributed by atoms with van der Waals surface area (Å²) in [5.74, 6) is -2.29. The third-order valence-corrected chi connectivity index (χ3v) is 4.18. The van der Waals surface area contributed by atoms with Gasteiger partial charge >= 0.3 is 0 Å². The smallest absolute Gasteiger partial charge is 0.248 e. The quantitative estimate of drug-likeness (QED) is 0.709. The normalized spacial score (nSPS) is 31.2. The molecule has 0 saturated heterocycles. The van der Waals surface area contributed by atoms with E-state index < -0.39 is 5.92 Å². The summed E-state index contributed by atoms with van der Waals surface area (Å²) in [5, 5.41) is 0. The van der Waals surface area contributed by atoms with Gasteiger partial charge in [-0.2, -0.15) is 0 Å². The third kappa shape index (κ3) is 1.28. The first-order valence-corrected chi connectivity index (χ1v) is 4.94. The van der Waals surface area contributed by atoms with Crippen LogP contribution in [0.3, 0.4) is 0 Å². The summed E-state index contributed by atoms with van der Waals surface area (Å²) in [7, 11) is 0. The molecule has 0 aliphatic heterocycles. The van der Waals surface area contributed by atoms with Gasteiger partial charge in [0.15, 0.2) is 0 Å². The van der Waals surface area contributed by atoms with Crippen molar-refractivity contribution < 1.29 is 8.78 Å². The second-order valence-electron chi connectivity index (χ2n) is 5.34. The van der Waals surface area contributed by atoms with Crippen LogP contribution in [0.2, 0.25) is 0 Å². The van der Waals surface area contributed by atoms with Crippen LogP contribution in [0.4, 0.5) is 8.78 Å². The minimum atomic E-state index is -2.41. The maximum Gasteiger partial charge on any atom is 0.248 e. The Morgan fingerprint density at radius 2 is 1.69 bits per heavy atom. The van der Waals surface area contributed by atoms with Gasteiger partial charge in [0.1, 0.15) is 0 Å². The Kier molecular flexibility index (Phi) is 1.62. The summed E-state index contributed by atoms with van der Waals surface area (Å²) in [5.41, 5.74) is 5.83. The summed E-state index contributed by atoms with van der Waals surface area (Å²) >= 11 is 0. The number of nitrogens with two attached hydrogens (primary N) is 1. The van der Waals surface area contributed by atoms with Gasteiger partial charge in [0, 0.05) is 18.4 Å². The lowest BCUT2D eigenvalue weighted by molar-refractivity contribution is -0.147. The first-order chi connectivity index (χ1) is 5.77. The molecular formula is C10H17F2N. The van der Waals surface area contributed by atoms with Gasteiger partial charge in [-0.3, -0.25) is 0 Å². The molecule has 2 N–H and O–H groups in total. The molecule has 0 atom stereocenters. The molecule has 2 rings (SSSR count). The van der Waals surface area contributed by atoms with Crippen LogP contribution in [-0.4, -0.2) is 11.5 Å². The summed E-state index contributed by atoms with van der Waals surface area (Å²) in [6.07, 6.45) is 2.09. The van der Waals surface area contributed by atoms with E-state index in [9.17, 15) is 8.78 Å². The largest absolute Gasteiger partial charge is 0.325 e. The van der Waals surface area contributed by atoms with Crippen molar-refractivity contribution in [2.75, 3.05) is 0 Å².